The van der Waals surface area contributed by atoms with Crippen molar-refractivity contribution in [2.24, 2.45) is 0 Å². The molecule has 1 N–H and O–H groups in total. The minimum atomic E-state index is -4.65. The lowest BCUT2D eigenvalue weighted by atomic mass is 10.3. The Kier molecular flexibility index (Phi) is 4.22. The van der Waals surface area contributed by atoms with Crippen LogP contribution in [0.5, 0.6) is 0 Å². The van der Waals surface area contributed by atoms with Crippen molar-refractivity contribution in [1.82, 2.24) is 24.9 Å². The molecular weight excluding hydrogens is 343 g/mol. The number of carbonyl (C=O) groups excluding carboxylic acids is 1. The molecule has 0 saturated carbocycles. The predicted molar refractivity (Wildman–Crippen MR) is 81.7 cm³/mol. The Morgan fingerprint density at radius 1 is 1.38 bits per heavy atom. The minimum Gasteiger partial charge on any atom is -0.349 e. The van der Waals surface area contributed by atoms with Crippen molar-refractivity contribution in [3.63, 3.8) is 0 Å². The van der Waals surface area contributed by atoms with Gasteiger partial charge >= 0.3 is 6.18 Å². The SMILES string of the molecule is CCCNC(=O)c1nc2nc(-c3cccs3)cc(C(F)(F)F)n2n1. The number of hydrogen-bond acceptors (Lipinski definition) is 5. The number of carbonyl (C=O) groups is 1. The van der Waals surface area contributed by atoms with Crippen molar-refractivity contribution < 1.29 is 18.0 Å². The molecule has 126 valence electrons. The third kappa shape index (κ3) is 3.09. The van der Waals surface area contributed by atoms with Gasteiger partial charge in [0.2, 0.25) is 5.82 Å². The van der Waals surface area contributed by atoms with Crippen LogP contribution in [0.1, 0.15) is 29.7 Å². The van der Waals surface area contributed by atoms with Gasteiger partial charge in [0.05, 0.1) is 10.6 Å². The summed E-state index contributed by atoms with van der Waals surface area (Å²) in [6, 6.07) is 4.28. The molecule has 1 amide bonds. The Bertz CT molecular complexity index is 873. The minimum absolute atomic E-state index is 0.137. The number of rotatable bonds is 4. The molecule has 6 nitrogen and oxygen atoms in total. The van der Waals surface area contributed by atoms with Crippen LogP contribution in [0, 0.1) is 0 Å². The summed E-state index contributed by atoms with van der Waals surface area (Å²) in [5.74, 6) is -1.24. The fourth-order valence-electron chi connectivity index (χ4n) is 2.03. The maximum atomic E-state index is 13.3. The van der Waals surface area contributed by atoms with E-state index in [-0.39, 0.29) is 17.3 Å². The van der Waals surface area contributed by atoms with Crippen LogP contribution in [-0.4, -0.2) is 32.0 Å². The van der Waals surface area contributed by atoms with E-state index in [1.54, 1.807) is 17.5 Å². The first-order valence-corrected chi connectivity index (χ1v) is 7.95. The van der Waals surface area contributed by atoms with Gasteiger partial charge in [0.1, 0.15) is 0 Å². The highest BCUT2D eigenvalue weighted by Crippen LogP contribution is 2.32. The van der Waals surface area contributed by atoms with E-state index in [0.29, 0.717) is 22.4 Å². The van der Waals surface area contributed by atoms with E-state index in [1.807, 2.05) is 6.92 Å². The molecule has 0 saturated heterocycles. The summed E-state index contributed by atoms with van der Waals surface area (Å²) < 4.78 is 40.6. The highest BCUT2D eigenvalue weighted by Gasteiger charge is 2.36. The zero-order valence-electron chi connectivity index (χ0n) is 12.5. The molecule has 10 heteroatoms. The van der Waals surface area contributed by atoms with Crippen molar-refractivity contribution >= 4 is 23.0 Å². The number of thiophene rings is 1. The Labute approximate surface area is 138 Å². The van der Waals surface area contributed by atoms with E-state index >= 15 is 0 Å². The third-order valence-corrected chi connectivity index (χ3v) is 4.01. The number of halogens is 3. The summed E-state index contributed by atoms with van der Waals surface area (Å²) in [6.07, 6.45) is -3.97. The van der Waals surface area contributed by atoms with Crippen molar-refractivity contribution in [2.45, 2.75) is 19.5 Å². The molecule has 3 heterocycles. The van der Waals surface area contributed by atoms with Crippen LogP contribution >= 0.6 is 11.3 Å². The number of nitrogens with zero attached hydrogens (tertiary/aromatic N) is 4. The zero-order valence-corrected chi connectivity index (χ0v) is 13.3. The Balaban J connectivity index is 2.14. The second-order valence-corrected chi connectivity index (χ2v) is 5.85. The predicted octanol–water partition coefficient (Wildman–Crippen LogP) is 3.01. The number of nitrogens with one attached hydrogen (secondary N) is 1. The number of alkyl halides is 3. The van der Waals surface area contributed by atoms with E-state index in [1.165, 1.54) is 11.3 Å². The van der Waals surface area contributed by atoms with Gasteiger partial charge in [-0.25, -0.2) is 4.98 Å². The molecule has 0 atom stereocenters. The second kappa shape index (κ2) is 6.19. The maximum Gasteiger partial charge on any atom is 0.433 e. The smallest absolute Gasteiger partial charge is 0.349 e. The lowest BCUT2D eigenvalue weighted by Gasteiger charge is -2.09. The van der Waals surface area contributed by atoms with Gasteiger partial charge in [0, 0.05) is 6.54 Å². The van der Waals surface area contributed by atoms with E-state index in [0.717, 1.165) is 6.07 Å². The van der Waals surface area contributed by atoms with Crippen LogP contribution in [-0.2, 0) is 6.18 Å². The number of aromatic nitrogens is 4. The van der Waals surface area contributed by atoms with Gasteiger partial charge in [0.15, 0.2) is 5.69 Å². The molecule has 0 aromatic carbocycles. The number of hydrogen-bond donors (Lipinski definition) is 1. The summed E-state index contributed by atoms with van der Waals surface area (Å²) in [5, 5.41) is 7.93. The largest absolute Gasteiger partial charge is 0.433 e. The molecule has 0 bridgehead atoms. The molecule has 3 aromatic heterocycles. The summed E-state index contributed by atoms with van der Waals surface area (Å²) in [6.45, 7) is 2.24. The van der Waals surface area contributed by atoms with Gasteiger partial charge in [0.25, 0.3) is 11.7 Å². The number of fused-ring (bicyclic) bond motifs is 1. The first-order chi connectivity index (χ1) is 11.4. The maximum absolute atomic E-state index is 13.3. The summed E-state index contributed by atoms with van der Waals surface area (Å²) in [4.78, 5) is 20.4. The fourth-order valence-corrected chi connectivity index (χ4v) is 2.72. The lowest BCUT2D eigenvalue weighted by molar-refractivity contribution is -0.142. The lowest BCUT2D eigenvalue weighted by Crippen LogP contribution is -2.25. The van der Waals surface area contributed by atoms with Crippen LogP contribution in [0.25, 0.3) is 16.3 Å². The van der Waals surface area contributed by atoms with Gasteiger partial charge in [-0.1, -0.05) is 13.0 Å². The monoisotopic (exact) mass is 355 g/mol. The van der Waals surface area contributed by atoms with Crippen LogP contribution in [0.2, 0.25) is 0 Å². The Morgan fingerprint density at radius 3 is 2.79 bits per heavy atom. The normalized spacial score (nSPS) is 11.8. The van der Waals surface area contributed by atoms with E-state index in [4.69, 9.17) is 0 Å². The first-order valence-electron chi connectivity index (χ1n) is 7.07. The van der Waals surface area contributed by atoms with Crippen molar-refractivity contribution in [3.8, 4) is 10.6 Å². The standard InChI is InChI=1S/C14H12F3N5OS/c1-2-5-18-12(23)11-20-13-19-8(9-4-3-6-24-9)7-10(14(15,16)17)22(13)21-11/h3-4,6-7H,2,5H2,1H3,(H,18,23). The van der Waals surface area contributed by atoms with E-state index in [2.05, 4.69) is 20.4 Å². The molecule has 0 spiro atoms. The highest BCUT2D eigenvalue weighted by molar-refractivity contribution is 7.13. The molecule has 0 aliphatic carbocycles. The molecule has 0 aliphatic heterocycles. The van der Waals surface area contributed by atoms with Crippen molar-refractivity contribution in [2.75, 3.05) is 6.54 Å². The molecule has 3 rings (SSSR count). The van der Waals surface area contributed by atoms with Crippen LogP contribution in [0.15, 0.2) is 23.6 Å². The van der Waals surface area contributed by atoms with Crippen LogP contribution in [0.3, 0.4) is 0 Å². The molecule has 0 unspecified atom stereocenters. The summed E-state index contributed by atoms with van der Waals surface area (Å²) >= 11 is 1.26. The van der Waals surface area contributed by atoms with Crippen LogP contribution in [0.4, 0.5) is 13.2 Å². The van der Waals surface area contributed by atoms with E-state index < -0.39 is 17.8 Å². The first kappa shape index (κ1) is 16.4. The highest BCUT2D eigenvalue weighted by atomic mass is 32.1. The molecule has 0 radical (unpaired) electrons. The van der Waals surface area contributed by atoms with Gasteiger partial charge in [-0.2, -0.15) is 22.7 Å². The topological polar surface area (TPSA) is 72.2 Å². The zero-order chi connectivity index (χ0) is 17.3. The van der Waals surface area contributed by atoms with Crippen LogP contribution < -0.4 is 5.32 Å². The third-order valence-electron chi connectivity index (χ3n) is 3.11. The fraction of sp³-hybridized carbons (Fsp3) is 0.286. The van der Waals surface area contributed by atoms with Crippen molar-refractivity contribution in [3.05, 3.63) is 35.1 Å². The van der Waals surface area contributed by atoms with Gasteiger partial charge in [-0.3, -0.25) is 4.79 Å². The Hall–Kier alpha value is -2.49. The average molecular weight is 355 g/mol. The average Bonchev–Trinajstić information content (AvgIpc) is 3.19. The second-order valence-electron chi connectivity index (χ2n) is 4.90. The molecule has 24 heavy (non-hydrogen) atoms. The summed E-state index contributed by atoms with van der Waals surface area (Å²) in [7, 11) is 0. The molecular formula is C14H12F3N5OS. The molecule has 0 fully saturated rings. The van der Waals surface area contributed by atoms with Gasteiger partial charge in [-0.15, -0.1) is 16.4 Å². The summed E-state index contributed by atoms with van der Waals surface area (Å²) in [5.41, 5.74) is -0.893. The quantitative estimate of drug-likeness (QED) is 0.781. The molecule has 0 aliphatic rings. The Morgan fingerprint density at radius 2 is 2.17 bits per heavy atom. The van der Waals surface area contributed by atoms with Gasteiger partial charge in [-0.05, 0) is 23.9 Å². The van der Waals surface area contributed by atoms with Crippen molar-refractivity contribution in [1.29, 1.82) is 0 Å². The van der Waals surface area contributed by atoms with Gasteiger partial charge < -0.3 is 5.32 Å². The number of amides is 1. The molecule has 3 aromatic rings. The van der Waals surface area contributed by atoms with E-state index in [9.17, 15) is 18.0 Å².